The normalized spacial score (nSPS) is 10.5. The van der Waals surface area contributed by atoms with Crippen molar-refractivity contribution in [3.63, 3.8) is 0 Å². The molecule has 7 nitrogen and oxygen atoms in total. The molecular formula is C12H19N7. The van der Waals surface area contributed by atoms with E-state index in [0.29, 0.717) is 5.95 Å². The van der Waals surface area contributed by atoms with Gasteiger partial charge in [0.15, 0.2) is 0 Å². The van der Waals surface area contributed by atoms with Gasteiger partial charge in [-0.15, -0.1) is 0 Å². The lowest BCUT2D eigenvalue weighted by Gasteiger charge is -2.07. The van der Waals surface area contributed by atoms with Crippen LogP contribution < -0.4 is 16.6 Å². The molecule has 2 rings (SSSR count). The van der Waals surface area contributed by atoms with Crippen LogP contribution in [0, 0.1) is 13.8 Å². The third-order valence-electron chi connectivity index (χ3n) is 2.74. The smallest absolute Gasteiger partial charge is 0.239 e. The highest BCUT2D eigenvalue weighted by Crippen LogP contribution is 2.05. The molecule has 4 N–H and O–H groups in total. The van der Waals surface area contributed by atoms with E-state index in [1.807, 2.05) is 17.7 Å². The minimum absolute atomic E-state index is 0.406. The lowest BCUT2D eigenvalue weighted by Crippen LogP contribution is -2.13. The molecule has 0 aliphatic heterocycles. The van der Waals surface area contributed by atoms with Crippen LogP contribution in [0.25, 0.3) is 0 Å². The van der Waals surface area contributed by atoms with Crippen LogP contribution in [0.2, 0.25) is 0 Å². The molecule has 19 heavy (non-hydrogen) atoms. The summed E-state index contributed by atoms with van der Waals surface area (Å²) >= 11 is 0. The summed E-state index contributed by atoms with van der Waals surface area (Å²) < 4.78 is 2.02. The zero-order valence-corrected chi connectivity index (χ0v) is 11.2. The first kappa shape index (κ1) is 13.3. The Morgan fingerprint density at radius 2 is 2.21 bits per heavy atom. The van der Waals surface area contributed by atoms with Crippen LogP contribution in [-0.2, 0) is 6.54 Å². The summed E-state index contributed by atoms with van der Waals surface area (Å²) in [5.41, 5.74) is 4.66. The van der Waals surface area contributed by atoms with E-state index in [2.05, 4.69) is 38.8 Å². The molecule has 102 valence electrons. The number of anilines is 2. The van der Waals surface area contributed by atoms with Crippen LogP contribution in [0.3, 0.4) is 0 Å². The van der Waals surface area contributed by atoms with Crippen LogP contribution in [0.1, 0.15) is 17.8 Å². The number of aromatic nitrogens is 4. The van der Waals surface area contributed by atoms with Crippen LogP contribution in [0.15, 0.2) is 18.3 Å². The Kier molecular flexibility index (Phi) is 4.30. The highest BCUT2D eigenvalue weighted by molar-refractivity contribution is 5.38. The lowest BCUT2D eigenvalue weighted by molar-refractivity contribution is 0.573. The number of aryl methyl sites for hydroxylation is 3. The first-order valence-corrected chi connectivity index (χ1v) is 6.23. The standard InChI is InChI=1S/C12H19N7/c1-9-8-10(2)19(18-9)7-3-5-14-11-4-6-15-12(16-11)17-13/h4,6,8H,3,5,7,13H2,1-2H3,(H2,14,15,16,17). The maximum atomic E-state index is 5.25. The van der Waals surface area contributed by atoms with Gasteiger partial charge in [-0.25, -0.2) is 10.8 Å². The number of rotatable bonds is 6. The molecule has 0 radical (unpaired) electrons. The van der Waals surface area contributed by atoms with Crippen molar-refractivity contribution >= 4 is 11.8 Å². The third-order valence-corrected chi connectivity index (χ3v) is 2.74. The van der Waals surface area contributed by atoms with Crippen molar-refractivity contribution < 1.29 is 0 Å². The second kappa shape index (κ2) is 6.14. The van der Waals surface area contributed by atoms with Gasteiger partial charge in [0.05, 0.1) is 5.69 Å². The van der Waals surface area contributed by atoms with Crippen molar-refractivity contribution in [3.8, 4) is 0 Å². The van der Waals surface area contributed by atoms with Crippen LogP contribution >= 0.6 is 0 Å². The zero-order chi connectivity index (χ0) is 13.7. The maximum absolute atomic E-state index is 5.25. The van der Waals surface area contributed by atoms with Crippen molar-refractivity contribution in [2.24, 2.45) is 5.84 Å². The van der Waals surface area contributed by atoms with Gasteiger partial charge < -0.3 is 5.32 Å². The largest absolute Gasteiger partial charge is 0.370 e. The van der Waals surface area contributed by atoms with Crippen LogP contribution in [0.5, 0.6) is 0 Å². The predicted octanol–water partition coefficient (Wildman–Crippen LogP) is 1.08. The molecular weight excluding hydrogens is 242 g/mol. The fraction of sp³-hybridized carbons (Fsp3) is 0.417. The third kappa shape index (κ3) is 3.65. The molecule has 0 bridgehead atoms. The maximum Gasteiger partial charge on any atom is 0.239 e. The molecule has 0 fully saturated rings. The summed E-state index contributed by atoms with van der Waals surface area (Å²) in [6.07, 6.45) is 2.63. The Labute approximate surface area is 112 Å². The monoisotopic (exact) mass is 261 g/mol. The second-order valence-electron chi connectivity index (χ2n) is 4.34. The highest BCUT2D eigenvalue weighted by Gasteiger charge is 2.01. The summed E-state index contributed by atoms with van der Waals surface area (Å²) in [7, 11) is 0. The number of nitrogen functional groups attached to an aromatic ring is 1. The first-order valence-electron chi connectivity index (χ1n) is 6.23. The van der Waals surface area contributed by atoms with E-state index in [0.717, 1.165) is 31.0 Å². The average molecular weight is 261 g/mol. The SMILES string of the molecule is Cc1cc(C)n(CCCNc2ccnc(NN)n2)n1. The van der Waals surface area contributed by atoms with E-state index in [1.54, 1.807) is 6.20 Å². The molecule has 0 spiro atoms. The van der Waals surface area contributed by atoms with Gasteiger partial charge in [-0.1, -0.05) is 0 Å². The molecule has 0 amide bonds. The van der Waals surface area contributed by atoms with Crippen molar-refractivity contribution in [2.45, 2.75) is 26.8 Å². The summed E-state index contributed by atoms with van der Waals surface area (Å²) in [5.74, 6) is 6.42. The molecule has 0 aliphatic carbocycles. The minimum atomic E-state index is 0.406. The van der Waals surface area contributed by atoms with Gasteiger partial charge in [-0.05, 0) is 32.4 Å². The van der Waals surface area contributed by atoms with Gasteiger partial charge in [-0.2, -0.15) is 10.1 Å². The van der Waals surface area contributed by atoms with E-state index in [9.17, 15) is 0 Å². The average Bonchev–Trinajstić information content (AvgIpc) is 2.73. The summed E-state index contributed by atoms with van der Waals surface area (Å²) in [6.45, 7) is 5.78. The van der Waals surface area contributed by atoms with E-state index >= 15 is 0 Å². The highest BCUT2D eigenvalue weighted by atomic mass is 15.3. The van der Waals surface area contributed by atoms with E-state index in [4.69, 9.17) is 5.84 Å². The Balaban J connectivity index is 1.79. The quantitative estimate of drug-likeness (QED) is 0.409. The Morgan fingerprint density at radius 3 is 2.89 bits per heavy atom. The number of nitrogens with two attached hydrogens (primary N) is 1. The second-order valence-corrected chi connectivity index (χ2v) is 4.34. The predicted molar refractivity (Wildman–Crippen MR) is 74.6 cm³/mol. The fourth-order valence-electron chi connectivity index (χ4n) is 1.87. The van der Waals surface area contributed by atoms with E-state index < -0.39 is 0 Å². The number of hydrazine groups is 1. The number of nitrogens with zero attached hydrogens (tertiary/aromatic N) is 4. The number of nitrogens with one attached hydrogen (secondary N) is 2. The fourth-order valence-corrected chi connectivity index (χ4v) is 1.87. The number of hydrogen-bond acceptors (Lipinski definition) is 6. The lowest BCUT2D eigenvalue weighted by atomic mass is 10.4. The van der Waals surface area contributed by atoms with Gasteiger partial charge >= 0.3 is 0 Å². The molecule has 0 saturated carbocycles. The van der Waals surface area contributed by atoms with Gasteiger partial charge in [0.1, 0.15) is 5.82 Å². The number of hydrogen-bond donors (Lipinski definition) is 3. The molecule has 0 aliphatic rings. The van der Waals surface area contributed by atoms with Crippen molar-refractivity contribution in [2.75, 3.05) is 17.3 Å². The first-order chi connectivity index (χ1) is 9.19. The van der Waals surface area contributed by atoms with Crippen molar-refractivity contribution in [3.05, 3.63) is 29.7 Å². The molecule has 7 heteroatoms. The molecule has 2 aromatic rings. The summed E-state index contributed by atoms with van der Waals surface area (Å²) in [4.78, 5) is 8.12. The van der Waals surface area contributed by atoms with Gasteiger partial charge in [0, 0.05) is 25.0 Å². The molecule has 2 heterocycles. The van der Waals surface area contributed by atoms with Crippen LogP contribution in [0.4, 0.5) is 11.8 Å². The van der Waals surface area contributed by atoms with Gasteiger partial charge in [-0.3, -0.25) is 10.1 Å². The Morgan fingerprint density at radius 1 is 1.37 bits per heavy atom. The Bertz CT molecular complexity index is 535. The van der Waals surface area contributed by atoms with Gasteiger partial charge in [0.2, 0.25) is 5.95 Å². The molecule has 0 aromatic carbocycles. The summed E-state index contributed by atoms with van der Waals surface area (Å²) in [5, 5.41) is 7.65. The molecule has 0 atom stereocenters. The zero-order valence-electron chi connectivity index (χ0n) is 11.2. The molecule has 0 unspecified atom stereocenters. The summed E-state index contributed by atoms with van der Waals surface area (Å²) in [6, 6.07) is 3.89. The van der Waals surface area contributed by atoms with E-state index in [1.165, 1.54) is 5.69 Å². The van der Waals surface area contributed by atoms with E-state index in [-0.39, 0.29) is 0 Å². The van der Waals surface area contributed by atoms with Crippen molar-refractivity contribution in [1.29, 1.82) is 0 Å². The molecule has 0 saturated heterocycles. The van der Waals surface area contributed by atoms with Gasteiger partial charge in [0.25, 0.3) is 0 Å². The van der Waals surface area contributed by atoms with Crippen LogP contribution in [-0.4, -0.2) is 26.3 Å². The minimum Gasteiger partial charge on any atom is -0.370 e. The molecule has 2 aromatic heterocycles. The Hall–Kier alpha value is -2.15. The topological polar surface area (TPSA) is 93.7 Å². The van der Waals surface area contributed by atoms with Crippen molar-refractivity contribution in [1.82, 2.24) is 19.7 Å².